The summed E-state index contributed by atoms with van der Waals surface area (Å²) in [6.07, 6.45) is 0.878. The van der Waals surface area contributed by atoms with Crippen LogP contribution in [0.1, 0.15) is 28.6 Å². The van der Waals surface area contributed by atoms with Crippen LogP contribution in [0, 0.1) is 5.92 Å². The van der Waals surface area contributed by atoms with Gasteiger partial charge in [-0.3, -0.25) is 4.79 Å². The molecule has 3 rings (SSSR count). The van der Waals surface area contributed by atoms with E-state index in [9.17, 15) is 13.2 Å². The number of hydrogen-bond acceptors (Lipinski definition) is 5. The van der Waals surface area contributed by atoms with Gasteiger partial charge < -0.3 is 10.6 Å². The van der Waals surface area contributed by atoms with E-state index >= 15 is 0 Å². The predicted octanol–water partition coefficient (Wildman–Crippen LogP) is 2.46. The molecule has 0 bridgehead atoms. The number of amides is 1. The van der Waals surface area contributed by atoms with E-state index in [-0.39, 0.29) is 35.8 Å². The first-order valence-electron chi connectivity index (χ1n) is 8.54. The Morgan fingerprint density at radius 1 is 1.33 bits per heavy atom. The number of halogens is 1. The molecule has 0 radical (unpaired) electrons. The van der Waals surface area contributed by atoms with Gasteiger partial charge in [-0.1, -0.05) is 12.1 Å². The summed E-state index contributed by atoms with van der Waals surface area (Å²) in [6.45, 7) is 3.40. The normalized spacial score (nSPS) is 19.7. The molecule has 0 saturated carbocycles. The van der Waals surface area contributed by atoms with Crippen LogP contribution in [0.3, 0.4) is 0 Å². The van der Waals surface area contributed by atoms with Crippen LogP contribution in [0.4, 0.5) is 0 Å². The molecule has 2 unspecified atom stereocenters. The SMILES string of the molecule is CC1CC(CN)CN1C(=O)c1cccc(S(=O)(=O)NCc2cccs2)c1.Cl. The van der Waals surface area contributed by atoms with Gasteiger partial charge in [-0.2, -0.15) is 0 Å². The van der Waals surface area contributed by atoms with Gasteiger partial charge >= 0.3 is 0 Å². The number of sulfonamides is 1. The number of thiophene rings is 1. The standard InChI is InChI=1S/C18H23N3O3S2.ClH/c1-13-8-14(10-19)12-21(13)18(22)15-4-2-6-17(9-15)26(23,24)20-11-16-5-3-7-25-16;/h2-7,9,13-14,20H,8,10-12,19H2,1H3;1H. The molecule has 2 atom stereocenters. The lowest BCUT2D eigenvalue weighted by atomic mass is 10.1. The molecule has 3 N–H and O–H groups in total. The minimum absolute atomic E-state index is 0. The van der Waals surface area contributed by atoms with Crippen LogP contribution in [-0.2, 0) is 16.6 Å². The van der Waals surface area contributed by atoms with Crippen LogP contribution in [0.15, 0.2) is 46.7 Å². The molecular weight excluding hydrogens is 406 g/mol. The zero-order chi connectivity index (χ0) is 18.7. The van der Waals surface area contributed by atoms with E-state index in [1.54, 1.807) is 17.0 Å². The summed E-state index contributed by atoms with van der Waals surface area (Å²) in [5.74, 6) is 0.150. The number of benzene rings is 1. The number of likely N-dealkylation sites (tertiary alicyclic amines) is 1. The van der Waals surface area contributed by atoms with Gasteiger partial charge in [-0.15, -0.1) is 23.7 Å². The molecule has 2 heterocycles. The molecule has 0 spiro atoms. The van der Waals surface area contributed by atoms with E-state index in [1.807, 2.05) is 24.4 Å². The zero-order valence-electron chi connectivity index (χ0n) is 15.0. The van der Waals surface area contributed by atoms with Crippen molar-refractivity contribution in [3.05, 3.63) is 52.2 Å². The lowest BCUT2D eigenvalue weighted by molar-refractivity contribution is 0.0743. The Morgan fingerprint density at radius 3 is 2.74 bits per heavy atom. The van der Waals surface area contributed by atoms with Crippen molar-refractivity contribution in [1.29, 1.82) is 0 Å². The van der Waals surface area contributed by atoms with E-state index in [4.69, 9.17) is 5.73 Å². The highest BCUT2D eigenvalue weighted by Crippen LogP contribution is 2.25. The molecule has 1 aliphatic rings. The highest BCUT2D eigenvalue weighted by atomic mass is 35.5. The lowest BCUT2D eigenvalue weighted by Crippen LogP contribution is -2.34. The number of nitrogens with zero attached hydrogens (tertiary/aromatic N) is 1. The highest BCUT2D eigenvalue weighted by molar-refractivity contribution is 7.89. The molecule has 1 aromatic heterocycles. The number of carbonyl (C=O) groups excluding carboxylic acids is 1. The molecule has 1 aromatic carbocycles. The molecule has 6 nitrogen and oxygen atoms in total. The second-order valence-electron chi connectivity index (χ2n) is 6.58. The highest BCUT2D eigenvalue weighted by Gasteiger charge is 2.32. The van der Waals surface area contributed by atoms with Gasteiger partial charge in [0.15, 0.2) is 0 Å². The number of hydrogen-bond donors (Lipinski definition) is 2. The third-order valence-electron chi connectivity index (χ3n) is 4.66. The van der Waals surface area contributed by atoms with Crippen molar-refractivity contribution in [2.45, 2.75) is 30.8 Å². The van der Waals surface area contributed by atoms with Gasteiger partial charge in [-0.05, 0) is 55.5 Å². The minimum atomic E-state index is -3.68. The summed E-state index contributed by atoms with van der Waals surface area (Å²) in [7, 11) is -3.68. The van der Waals surface area contributed by atoms with Crippen molar-refractivity contribution in [2.24, 2.45) is 11.7 Å². The molecule has 0 aliphatic carbocycles. The first kappa shape index (κ1) is 21.8. The van der Waals surface area contributed by atoms with Crippen molar-refractivity contribution in [2.75, 3.05) is 13.1 Å². The number of carbonyl (C=O) groups is 1. The quantitative estimate of drug-likeness (QED) is 0.737. The Bertz CT molecular complexity index is 872. The van der Waals surface area contributed by atoms with Gasteiger partial charge in [0.05, 0.1) is 4.90 Å². The van der Waals surface area contributed by atoms with Crippen LogP contribution >= 0.6 is 23.7 Å². The molecule has 9 heteroatoms. The van der Waals surface area contributed by atoms with E-state index in [0.717, 1.165) is 11.3 Å². The van der Waals surface area contributed by atoms with E-state index in [1.165, 1.54) is 23.5 Å². The van der Waals surface area contributed by atoms with Crippen molar-refractivity contribution in [3.8, 4) is 0 Å². The first-order chi connectivity index (χ1) is 12.4. The molecule has 148 valence electrons. The molecule has 2 aromatic rings. The summed E-state index contributed by atoms with van der Waals surface area (Å²) in [5.41, 5.74) is 6.11. The topological polar surface area (TPSA) is 92.5 Å². The van der Waals surface area contributed by atoms with Crippen LogP contribution in [-0.4, -0.2) is 38.4 Å². The largest absolute Gasteiger partial charge is 0.336 e. The molecule has 1 aliphatic heterocycles. The summed E-state index contributed by atoms with van der Waals surface area (Å²) < 4.78 is 27.7. The van der Waals surface area contributed by atoms with Gasteiger partial charge in [-0.25, -0.2) is 13.1 Å². The second kappa shape index (κ2) is 9.16. The van der Waals surface area contributed by atoms with E-state index < -0.39 is 10.0 Å². The Kier molecular flexibility index (Phi) is 7.41. The van der Waals surface area contributed by atoms with Crippen molar-refractivity contribution >= 4 is 39.7 Å². The Balaban J connectivity index is 0.00000261. The molecule has 1 fully saturated rings. The van der Waals surface area contributed by atoms with Crippen LogP contribution in [0.5, 0.6) is 0 Å². The Hall–Kier alpha value is -1.45. The summed E-state index contributed by atoms with van der Waals surface area (Å²) in [6, 6.07) is 10.1. The number of rotatable bonds is 6. The summed E-state index contributed by atoms with van der Waals surface area (Å²) in [5, 5.41) is 1.90. The van der Waals surface area contributed by atoms with Gasteiger partial charge in [0.25, 0.3) is 5.91 Å². The monoisotopic (exact) mass is 429 g/mol. The third-order valence-corrected chi connectivity index (χ3v) is 6.94. The minimum Gasteiger partial charge on any atom is -0.336 e. The van der Waals surface area contributed by atoms with E-state index in [0.29, 0.717) is 24.6 Å². The molecule has 1 amide bonds. The smallest absolute Gasteiger partial charge is 0.254 e. The number of nitrogens with one attached hydrogen (secondary N) is 1. The fourth-order valence-corrected chi connectivity index (χ4v) is 5.01. The predicted molar refractivity (Wildman–Crippen MR) is 110 cm³/mol. The van der Waals surface area contributed by atoms with Crippen LogP contribution in [0.25, 0.3) is 0 Å². The Morgan fingerprint density at radius 2 is 2.11 bits per heavy atom. The zero-order valence-corrected chi connectivity index (χ0v) is 17.4. The average molecular weight is 430 g/mol. The fraction of sp³-hybridized carbons (Fsp3) is 0.389. The summed E-state index contributed by atoms with van der Waals surface area (Å²) in [4.78, 5) is 15.6. The lowest BCUT2D eigenvalue weighted by Gasteiger charge is -2.21. The van der Waals surface area contributed by atoms with Crippen molar-refractivity contribution in [1.82, 2.24) is 9.62 Å². The maximum absolute atomic E-state index is 12.8. The molecule has 27 heavy (non-hydrogen) atoms. The van der Waals surface area contributed by atoms with E-state index in [2.05, 4.69) is 4.72 Å². The van der Waals surface area contributed by atoms with Crippen LogP contribution < -0.4 is 10.5 Å². The third kappa shape index (κ3) is 5.08. The second-order valence-corrected chi connectivity index (χ2v) is 9.37. The molecular formula is C18H24ClN3O3S2. The van der Waals surface area contributed by atoms with Crippen LogP contribution in [0.2, 0.25) is 0 Å². The fourth-order valence-electron chi connectivity index (χ4n) is 3.22. The Labute approximate surface area is 170 Å². The van der Waals surface area contributed by atoms with Crippen molar-refractivity contribution < 1.29 is 13.2 Å². The summed E-state index contributed by atoms with van der Waals surface area (Å²) >= 11 is 1.49. The number of nitrogens with two attached hydrogens (primary N) is 1. The maximum atomic E-state index is 12.8. The van der Waals surface area contributed by atoms with Gasteiger partial charge in [0, 0.05) is 29.6 Å². The van der Waals surface area contributed by atoms with Crippen molar-refractivity contribution in [3.63, 3.8) is 0 Å². The van der Waals surface area contributed by atoms with Gasteiger partial charge in [0.2, 0.25) is 10.0 Å². The average Bonchev–Trinajstić information content (AvgIpc) is 3.29. The van der Waals surface area contributed by atoms with Gasteiger partial charge in [0.1, 0.15) is 0 Å². The maximum Gasteiger partial charge on any atom is 0.254 e. The first-order valence-corrected chi connectivity index (χ1v) is 10.9. The molecule has 1 saturated heterocycles.